The van der Waals surface area contributed by atoms with E-state index in [0.717, 1.165) is 25.8 Å². The Morgan fingerprint density at radius 2 is 2.30 bits per heavy atom. The number of hydrogen-bond donors (Lipinski definition) is 2. The van der Waals surface area contributed by atoms with Gasteiger partial charge < -0.3 is 15.4 Å². The molecule has 4 nitrogen and oxygen atoms in total. The number of amides is 1. The molecule has 0 aliphatic carbocycles. The van der Waals surface area contributed by atoms with Crippen LogP contribution in [0.4, 0.5) is 5.69 Å². The number of nitrogens with one attached hydrogen (secondary N) is 2. The highest BCUT2D eigenvalue weighted by molar-refractivity contribution is 6.32. The molecular weight excluding hydrogens is 276 g/mol. The van der Waals surface area contributed by atoms with Crippen molar-refractivity contribution in [2.24, 2.45) is 0 Å². The summed E-state index contributed by atoms with van der Waals surface area (Å²) in [6, 6.07) is 5.32. The lowest BCUT2D eigenvalue weighted by atomic mass is 9.93. The monoisotopic (exact) mass is 296 g/mol. The van der Waals surface area contributed by atoms with Crippen LogP contribution in [0.3, 0.4) is 0 Å². The Bertz CT molecular complexity index is 485. The summed E-state index contributed by atoms with van der Waals surface area (Å²) in [4.78, 5) is 12.4. The number of hydrogen-bond acceptors (Lipinski definition) is 3. The molecule has 2 N–H and O–H groups in total. The molecule has 1 unspecified atom stereocenters. The highest BCUT2D eigenvalue weighted by Crippen LogP contribution is 2.29. The van der Waals surface area contributed by atoms with E-state index in [2.05, 4.69) is 10.6 Å². The maximum absolute atomic E-state index is 12.4. The molecule has 1 atom stereocenters. The topological polar surface area (TPSA) is 50.4 Å². The van der Waals surface area contributed by atoms with Gasteiger partial charge in [-0.25, -0.2) is 0 Å². The van der Waals surface area contributed by atoms with E-state index in [0.29, 0.717) is 23.1 Å². The fraction of sp³-hybridized carbons (Fsp3) is 0.533. The van der Waals surface area contributed by atoms with Crippen LogP contribution in [0.1, 0.15) is 33.1 Å². The zero-order chi connectivity index (χ0) is 14.6. The van der Waals surface area contributed by atoms with Crippen molar-refractivity contribution in [2.45, 2.75) is 38.6 Å². The van der Waals surface area contributed by atoms with E-state index in [1.807, 2.05) is 19.9 Å². The van der Waals surface area contributed by atoms with Crippen LogP contribution in [0, 0.1) is 0 Å². The molecular formula is C15H21ClN2O2. The van der Waals surface area contributed by atoms with Crippen molar-refractivity contribution in [1.29, 1.82) is 0 Å². The fourth-order valence-electron chi connectivity index (χ4n) is 2.56. The Morgan fingerprint density at radius 3 is 2.85 bits per heavy atom. The van der Waals surface area contributed by atoms with Crippen LogP contribution < -0.4 is 15.4 Å². The number of ether oxygens (including phenoxy) is 1. The molecule has 1 aliphatic heterocycles. The van der Waals surface area contributed by atoms with Gasteiger partial charge in [0.05, 0.1) is 17.2 Å². The Hall–Kier alpha value is -1.26. The van der Waals surface area contributed by atoms with E-state index in [1.54, 1.807) is 12.1 Å². The van der Waals surface area contributed by atoms with Gasteiger partial charge in [-0.15, -0.1) is 0 Å². The number of anilines is 1. The van der Waals surface area contributed by atoms with Crippen LogP contribution in [0.25, 0.3) is 0 Å². The first kappa shape index (κ1) is 15.1. The molecule has 0 bridgehead atoms. The molecule has 0 aromatic heterocycles. The van der Waals surface area contributed by atoms with Crippen molar-refractivity contribution in [1.82, 2.24) is 5.32 Å². The van der Waals surface area contributed by atoms with Gasteiger partial charge in [0.2, 0.25) is 5.91 Å². The van der Waals surface area contributed by atoms with Crippen molar-refractivity contribution in [2.75, 3.05) is 18.5 Å². The van der Waals surface area contributed by atoms with Crippen LogP contribution in [-0.4, -0.2) is 24.6 Å². The molecule has 20 heavy (non-hydrogen) atoms. The molecule has 110 valence electrons. The van der Waals surface area contributed by atoms with E-state index in [9.17, 15) is 4.79 Å². The zero-order valence-electron chi connectivity index (χ0n) is 12.0. The number of rotatable bonds is 5. The van der Waals surface area contributed by atoms with Gasteiger partial charge in [0, 0.05) is 5.69 Å². The van der Waals surface area contributed by atoms with Crippen molar-refractivity contribution in [3.8, 4) is 5.75 Å². The second-order valence-corrected chi connectivity index (χ2v) is 5.41. The van der Waals surface area contributed by atoms with Gasteiger partial charge in [-0.05, 0) is 50.9 Å². The van der Waals surface area contributed by atoms with Crippen molar-refractivity contribution in [3.63, 3.8) is 0 Å². The number of halogens is 1. The predicted molar refractivity (Wildman–Crippen MR) is 81.5 cm³/mol. The first-order valence-corrected chi connectivity index (χ1v) is 7.48. The Morgan fingerprint density at radius 1 is 1.50 bits per heavy atom. The van der Waals surface area contributed by atoms with Gasteiger partial charge in [0.25, 0.3) is 0 Å². The molecule has 1 aromatic carbocycles. The van der Waals surface area contributed by atoms with Crippen LogP contribution >= 0.6 is 11.6 Å². The third-order valence-corrected chi connectivity index (χ3v) is 4.07. The Kier molecular flexibility index (Phi) is 4.89. The second-order valence-electron chi connectivity index (χ2n) is 5.00. The highest BCUT2D eigenvalue weighted by Gasteiger charge is 2.39. The lowest BCUT2D eigenvalue weighted by Crippen LogP contribution is -2.50. The summed E-state index contributed by atoms with van der Waals surface area (Å²) in [5.41, 5.74) is 0.260. The first-order valence-electron chi connectivity index (χ1n) is 7.10. The highest BCUT2D eigenvalue weighted by atomic mass is 35.5. The summed E-state index contributed by atoms with van der Waals surface area (Å²) in [5, 5.41) is 6.77. The third-order valence-electron chi connectivity index (χ3n) is 3.77. The van der Waals surface area contributed by atoms with Gasteiger partial charge in [-0.1, -0.05) is 18.5 Å². The van der Waals surface area contributed by atoms with Crippen LogP contribution in [-0.2, 0) is 4.79 Å². The predicted octanol–water partition coefficient (Wildman–Crippen LogP) is 3.21. The molecule has 1 saturated heterocycles. The van der Waals surface area contributed by atoms with Gasteiger partial charge in [-0.2, -0.15) is 0 Å². The van der Waals surface area contributed by atoms with Crippen LogP contribution in [0.2, 0.25) is 5.02 Å². The minimum Gasteiger partial charge on any atom is -0.492 e. The lowest BCUT2D eigenvalue weighted by molar-refractivity contribution is -0.122. The molecule has 0 spiro atoms. The molecule has 1 fully saturated rings. The van der Waals surface area contributed by atoms with E-state index < -0.39 is 5.54 Å². The number of carbonyl (C=O) groups excluding carboxylic acids is 1. The minimum absolute atomic E-state index is 0.0118. The van der Waals surface area contributed by atoms with E-state index in [4.69, 9.17) is 16.3 Å². The summed E-state index contributed by atoms with van der Waals surface area (Å²) in [6.45, 7) is 5.39. The largest absolute Gasteiger partial charge is 0.492 e. The lowest BCUT2D eigenvalue weighted by Gasteiger charge is -2.26. The normalized spacial score (nSPS) is 21.8. The zero-order valence-corrected chi connectivity index (χ0v) is 12.7. The van der Waals surface area contributed by atoms with Gasteiger partial charge >= 0.3 is 0 Å². The van der Waals surface area contributed by atoms with Crippen molar-refractivity contribution >= 4 is 23.2 Å². The maximum Gasteiger partial charge on any atom is 0.244 e. The van der Waals surface area contributed by atoms with Gasteiger partial charge in [0.1, 0.15) is 5.75 Å². The third kappa shape index (κ3) is 3.07. The maximum atomic E-state index is 12.4. The summed E-state index contributed by atoms with van der Waals surface area (Å²) < 4.78 is 5.38. The second kappa shape index (κ2) is 6.46. The average molecular weight is 297 g/mol. The Labute approximate surface area is 124 Å². The van der Waals surface area contributed by atoms with Crippen LogP contribution in [0.15, 0.2) is 18.2 Å². The minimum atomic E-state index is -0.439. The van der Waals surface area contributed by atoms with Gasteiger partial charge in [0.15, 0.2) is 0 Å². The number of benzene rings is 1. The molecule has 5 heteroatoms. The van der Waals surface area contributed by atoms with E-state index in [-0.39, 0.29) is 5.91 Å². The molecule has 2 rings (SSSR count). The van der Waals surface area contributed by atoms with Crippen LogP contribution in [0.5, 0.6) is 5.75 Å². The summed E-state index contributed by atoms with van der Waals surface area (Å²) >= 11 is 6.13. The smallest absolute Gasteiger partial charge is 0.244 e. The summed E-state index contributed by atoms with van der Waals surface area (Å²) in [6.07, 6.45) is 2.69. The Balaban J connectivity index is 2.09. The first-order chi connectivity index (χ1) is 9.61. The molecule has 0 radical (unpaired) electrons. The van der Waals surface area contributed by atoms with E-state index >= 15 is 0 Å². The van der Waals surface area contributed by atoms with E-state index in [1.165, 1.54) is 0 Å². The average Bonchev–Trinajstić information content (AvgIpc) is 2.92. The molecule has 1 amide bonds. The fourth-order valence-corrected chi connectivity index (χ4v) is 2.80. The molecule has 1 aromatic rings. The van der Waals surface area contributed by atoms with Crippen molar-refractivity contribution < 1.29 is 9.53 Å². The summed E-state index contributed by atoms with van der Waals surface area (Å²) in [7, 11) is 0. The standard InChI is InChI=1S/C15H21ClN2O2/c1-3-15(8-5-9-17-15)14(19)18-11-6-7-13(20-4-2)12(16)10-11/h6-7,10,17H,3-5,8-9H2,1-2H3,(H,18,19). The number of carbonyl (C=O) groups is 1. The molecule has 1 heterocycles. The molecule has 1 aliphatic rings. The summed E-state index contributed by atoms with van der Waals surface area (Å²) in [5.74, 6) is 0.647. The quantitative estimate of drug-likeness (QED) is 0.877. The van der Waals surface area contributed by atoms with Gasteiger partial charge in [-0.3, -0.25) is 4.79 Å². The van der Waals surface area contributed by atoms with Crippen molar-refractivity contribution in [3.05, 3.63) is 23.2 Å². The SMILES string of the molecule is CCOc1ccc(NC(=O)C2(CC)CCCN2)cc1Cl. The molecule has 0 saturated carbocycles.